The molecule has 0 saturated carbocycles. The number of aromatic nitrogens is 2. The minimum Gasteiger partial charge on any atom is -0.337 e. The molecule has 1 amide bonds. The van der Waals surface area contributed by atoms with Crippen LogP contribution in [-0.2, 0) is 14.8 Å². The van der Waals surface area contributed by atoms with E-state index in [0.29, 0.717) is 34.6 Å². The van der Waals surface area contributed by atoms with Crippen LogP contribution in [-0.4, -0.2) is 38.2 Å². The molecule has 0 aliphatic rings. The first-order chi connectivity index (χ1) is 16.9. The molecule has 1 heterocycles. The highest BCUT2D eigenvalue weighted by Crippen LogP contribution is 2.26. The van der Waals surface area contributed by atoms with E-state index in [-0.39, 0.29) is 10.9 Å². The highest BCUT2D eigenvalue weighted by atomic mass is 32.2. The number of alkyl halides is 1. The fraction of sp³-hybridized carbons (Fsp3) is 0.400. The van der Waals surface area contributed by atoms with Crippen molar-refractivity contribution < 1.29 is 22.1 Å². The Kier molecular flexibility index (Phi) is 8.47. The number of carbonyl (C=O) groups excluding carboxylic acids is 1. The van der Waals surface area contributed by atoms with Gasteiger partial charge < -0.3 is 15.2 Å². The lowest BCUT2D eigenvalue weighted by Crippen LogP contribution is -2.32. The molecule has 194 valence electrons. The van der Waals surface area contributed by atoms with Gasteiger partial charge in [-0.15, -0.1) is 0 Å². The maximum atomic E-state index is 13.0. The second kappa shape index (κ2) is 11.2. The average molecular weight is 518 g/mol. The summed E-state index contributed by atoms with van der Waals surface area (Å²) in [5.74, 6) is 0.687. The lowest BCUT2D eigenvalue weighted by atomic mass is 9.94. The zero-order chi connectivity index (χ0) is 26.5. The quantitative estimate of drug-likeness (QED) is 0.334. The third kappa shape index (κ3) is 6.67. The fourth-order valence-electron chi connectivity index (χ4n) is 3.31. The summed E-state index contributed by atoms with van der Waals surface area (Å²) >= 11 is 0. The average Bonchev–Trinajstić information content (AvgIpc) is 3.33. The molecule has 0 saturated heterocycles. The van der Waals surface area contributed by atoms with Crippen LogP contribution in [0.4, 0.5) is 15.8 Å². The number of hydrogen-bond donors (Lipinski definition) is 3. The Morgan fingerprint density at radius 2 is 1.78 bits per heavy atom. The van der Waals surface area contributed by atoms with Crippen molar-refractivity contribution in [2.45, 2.75) is 45.1 Å². The molecule has 0 aliphatic carbocycles. The van der Waals surface area contributed by atoms with Crippen molar-refractivity contribution in [3.05, 3.63) is 54.4 Å². The molecule has 11 heteroatoms. The van der Waals surface area contributed by atoms with Gasteiger partial charge in [0, 0.05) is 16.9 Å². The van der Waals surface area contributed by atoms with Crippen LogP contribution >= 0.6 is 0 Å². The van der Waals surface area contributed by atoms with Crippen LogP contribution in [0.2, 0.25) is 0 Å². The summed E-state index contributed by atoms with van der Waals surface area (Å²) in [6, 6.07) is 12.3. The minimum absolute atomic E-state index is 0.0285. The van der Waals surface area contributed by atoms with Gasteiger partial charge in [0.15, 0.2) is 0 Å². The molecule has 2 aromatic carbocycles. The van der Waals surface area contributed by atoms with Gasteiger partial charge in [0.2, 0.25) is 17.6 Å². The van der Waals surface area contributed by atoms with Crippen LogP contribution in [0, 0.1) is 11.3 Å². The number of rotatable bonds is 11. The first kappa shape index (κ1) is 27.3. The first-order valence-electron chi connectivity index (χ1n) is 11.6. The van der Waals surface area contributed by atoms with Gasteiger partial charge in [-0.25, -0.2) is 12.8 Å². The molecule has 1 atom stereocenters. The number of sulfonamides is 1. The van der Waals surface area contributed by atoms with E-state index in [1.54, 1.807) is 12.1 Å². The summed E-state index contributed by atoms with van der Waals surface area (Å²) in [5.41, 5.74) is 0.0701. The van der Waals surface area contributed by atoms with Crippen molar-refractivity contribution in [1.82, 2.24) is 15.5 Å². The SMILES string of the molecule is CNC(CC(C)C)c1nc(-c2cccc(S(=O)(=O)Nc3ccc(NC(=O)C(C)(C)CF)cc3)c2)no1. The van der Waals surface area contributed by atoms with E-state index in [1.165, 1.54) is 50.2 Å². The Morgan fingerprint density at radius 3 is 2.39 bits per heavy atom. The van der Waals surface area contributed by atoms with Crippen LogP contribution in [0.3, 0.4) is 0 Å². The maximum Gasteiger partial charge on any atom is 0.261 e. The zero-order valence-corrected chi connectivity index (χ0v) is 21.8. The van der Waals surface area contributed by atoms with Gasteiger partial charge in [0.1, 0.15) is 6.67 Å². The summed E-state index contributed by atoms with van der Waals surface area (Å²) in [6.07, 6.45) is 0.812. The number of halogens is 1. The summed E-state index contributed by atoms with van der Waals surface area (Å²) in [6.45, 7) is 6.40. The van der Waals surface area contributed by atoms with Crippen molar-refractivity contribution in [2.75, 3.05) is 23.8 Å². The van der Waals surface area contributed by atoms with Crippen molar-refractivity contribution >= 4 is 27.3 Å². The Hall–Kier alpha value is -3.31. The number of benzene rings is 2. The topological polar surface area (TPSA) is 126 Å². The highest BCUT2D eigenvalue weighted by molar-refractivity contribution is 7.92. The molecule has 3 rings (SSSR count). The van der Waals surface area contributed by atoms with Crippen molar-refractivity contribution in [3.63, 3.8) is 0 Å². The molecule has 0 spiro atoms. The number of amides is 1. The number of nitrogens with zero attached hydrogens (tertiary/aromatic N) is 2. The summed E-state index contributed by atoms with van der Waals surface area (Å²) < 4.78 is 47.0. The summed E-state index contributed by atoms with van der Waals surface area (Å²) in [7, 11) is -2.10. The van der Waals surface area contributed by atoms with Gasteiger partial charge in [-0.05, 0) is 69.6 Å². The Bertz CT molecular complexity index is 1290. The molecule has 0 bridgehead atoms. The molecule has 3 N–H and O–H groups in total. The normalized spacial score (nSPS) is 13.0. The first-order valence-corrected chi connectivity index (χ1v) is 13.0. The molecule has 0 radical (unpaired) electrons. The predicted molar refractivity (Wildman–Crippen MR) is 137 cm³/mol. The smallest absolute Gasteiger partial charge is 0.261 e. The number of nitrogens with one attached hydrogen (secondary N) is 3. The molecule has 0 aliphatic heterocycles. The lowest BCUT2D eigenvalue weighted by Gasteiger charge is -2.19. The summed E-state index contributed by atoms with van der Waals surface area (Å²) in [5, 5.41) is 9.81. The Labute approximate surface area is 210 Å². The predicted octanol–water partition coefficient (Wildman–Crippen LogP) is 4.78. The van der Waals surface area contributed by atoms with Gasteiger partial charge in [0.25, 0.3) is 10.0 Å². The van der Waals surface area contributed by atoms with Crippen LogP contribution in [0.25, 0.3) is 11.4 Å². The van der Waals surface area contributed by atoms with Crippen LogP contribution in [0.15, 0.2) is 57.9 Å². The van der Waals surface area contributed by atoms with Gasteiger partial charge in [-0.2, -0.15) is 4.98 Å². The van der Waals surface area contributed by atoms with E-state index >= 15 is 0 Å². The Balaban J connectivity index is 1.75. The largest absolute Gasteiger partial charge is 0.337 e. The molecular formula is C25H32FN5O4S. The van der Waals surface area contributed by atoms with Gasteiger partial charge in [0.05, 0.1) is 16.4 Å². The molecular weight excluding hydrogens is 485 g/mol. The second-order valence-electron chi connectivity index (χ2n) is 9.61. The summed E-state index contributed by atoms with van der Waals surface area (Å²) in [4.78, 5) is 16.6. The lowest BCUT2D eigenvalue weighted by molar-refractivity contribution is -0.124. The number of anilines is 2. The zero-order valence-electron chi connectivity index (χ0n) is 21.0. The van der Waals surface area contributed by atoms with E-state index in [9.17, 15) is 17.6 Å². The van der Waals surface area contributed by atoms with Gasteiger partial charge in [-0.1, -0.05) is 31.1 Å². The monoisotopic (exact) mass is 517 g/mol. The third-order valence-electron chi connectivity index (χ3n) is 5.54. The fourth-order valence-corrected chi connectivity index (χ4v) is 4.41. The molecule has 1 aromatic heterocycles. The molecule has 36 heavy (non-hydrogen) atoms. The maximum absolute atomic E-state index is 13.0. The van der Waals surface area contributed by atoms with Gasteiger partial charge in [-0.3, -0.25) is 9.52 Å². The van der Waals surface area contributed by atoms with E-state index in [0.717, 1.165) is 6.42 Å². The molecule has 1 unspecified atom stereocenters. The van der Waals surface area contributed by atoms with E-state index < -0.39 is 28.0 Å². The molecule has 9 nitrogen and oxygen atoms in total. The van der Waals surface area contributed by atoms with Crippen LogP contribution in [0.5, 0.6) is 0 Å². The Morgan fingerprint density at radius 1 is 1.11 bits per heavy atom. The van der Waals surface area contributed by atoms with Crippen molar-refractivity contribution in [1.29, 1.82) is 0 Å². The minimum atomic E-state index is -3.92. The van der Waals surface area contributed by atoms with Crippen molar-refractivity contribution in [2.24, 2.45) is 11.3 Å². The molecule has 3 aromatic rings. The van der Waals surface area contributed by atoms with Crippen molar-refractivity contribution in [3.8, 4) is 11.4 Å². The highest BCUT2D eigenvalue weighted by Gasteiger charge is 2.27. The van der Waals surface area contributed by atoms with Gasteiger partial charge >= 0.3 is 0 Å². The number of carbonyl (C=O) groups is 1. The standard InChI is InChI=1S/C25H32FN5O4S/c1-16(2)13-21(27-5)23-29-22(30-35-23)17-7-6-8-20(14-17)36(33,34)31-19-11-9-18(10-12-19)28-24(32)25(3,4)15-26/h6-12,14,16,21,27,31H,13,15H2,1-5H3,(H,28,32). The molecule has 0 fully saturated rings. The van der Waals surface area contributed by atoms with Crippen LogP contribution < -0.4 is 15.4 Å². The van der Waals surface area contributed by atoms with E-state index in [4.69, 9.17) is 4.52 Å². The van der Waals surface area contributed by atoms with E-state index in [1.807, 2.05) is 7.05 Å². The van der Waals surface area contributed by atoms with Crippen LogP contribution in [0.1, 0.15) is 46.0 Å². The third-order valence-corrected chi connectivity index (χ3v) is 6.92. The second-order valence-corrected chi connectivity index (χ2v) is 11.3. The number of hydrogen-bond acceptors (Lipinski definition) is 7. The van der Waals surface area contributed by atoms with E-state index in [2.05, 4.69) is 39.3 Å².